The van der Waals surface area contributed by atoms with Gasteiger partial charge >= 0.3 is 11.9 Å². The van der Waals surface area contributed by atoms with Crippen molar-refractivity contribution in [2.45, 2.75) is 184 Å². The second kappa shape index (κ2) is 20.5. The van der Waals surface area contributed by atoms with Crippen LogP contribution in [0.3, 0.4) is 0 Å². The summed E-state index contributed by atoms with van der Waals surface area (Å²) in [5, 5.41) is 13.2. The molecule has 11 nitrogen and oxygen atoms in total. The van der Waals surface area contributed by atoms with Crippen LogP contribution in [0.25, 0.3) is 0 Å². The van der Waals surface area contributed by atoms with Crippen LogP contribution in [-0.2, 0) is 33.2 Å². The summed E-state index contributed by atoms with van der Waals surface area (Å²) in [6.07, 6.45) is 19.3. The van der Waals surface area contributed by atoms with Crippen LogP contribution in [0.4, 0.5) is 0 Å². The number of aliphatic hydroxyl groups is 1. The fraction of sp³-hybridized carbons (Fsp3) is 0.843. The molecule has 1 aliphatic heterocycles. The zero-order chi connectivity index (χ0) is 44.1. The largest absolute Gasteiger partial charge is 0.497 e. The van der Waals surface area contributed by atoms with Crippen molar-refractivity contribution in [2.75, 3.05) is 55.2 Å². The maximum atomic E-state index is 14.6. The van der Waals surface area contributed by atoms with E-state index >= 15 is 0 Å². The minimum absolute atomic E-state index is 0.000499. The van der Waals surface area contributed by atoms with Gasteiger partial charge in [0.1, 0.15) is 23.1 Å². The van der Waals surface area contributed by atoms with Crippen LogP contribution in [0.15, 0.2) is 24.3 Å². The number of methoxy groups -OCH3 is 5. The van der Waals surface area contributed by atoms with Gasteiger partial charge < -0.3 is 38.3 Å². The highest BCUT2D eigenvalue weighted by molar-refractivity contribution is 5.89. The molecule has 1 heterocycles. The maximum absolute atomic E-state index is 14.6. The standard InChI is InChI=1S/C51H81NO10/c1-8-10-11-12-13-14-15-16-17-18-19-20-21-22-23-24-40(53)62-50-32-39(59-6)49(55)31-37(41(50)46(49)61-47(54)35-25-27-36(57-4)28-26-35)51-38(58-5)29-30-48(34-56-3)33-52(9-2)45(51)42(50)43(60-7)44(48)51/h25-28,37-39,41-46,55H,8-24,29-34H2,1-7H3/t37-,38?,39+,41-,42+,43+,44-,45-,46-,48+,49-,50-,51+/m1/s1. The number of unbranched alkanes of at least 4 members (excludes halogenated alkanes) is 14. The highest BCUT2D eigenvalue weighted by Crippen LogP contribution is 2.80. The predicted molar refractivity (Wildman–Crippen MR) is 238 cm³/mol. The topological polar surface area (TPSA) is 122 Å². The number of fused-ring (bicyclic) bond motifs is 2. The van der Waals surface area contributed by atoms with E-state index < -0.39 is 40.7 Å². The van der Waals surface area contributed by atoms with Gasteiger partial charge in [0, 0.05) is 82.5 Å². The summed E-state index contributed by atoms with van der Waals surface area (Å²) in [5.74, 6) is -1.19. The van der Waals surface area contributed by atoms with E-state index in [0.29, 0.717) is 37.2 Å². The SMILES string of the molecule is CCCCCCCCCCCCCCCCCC(=O)O[C@]12C[C@H](OC)[C@]3(O)C[C@H]([C@@H]1[C@H]3OC(=O)c1ccc(OC)cc1)[C@@]13C(OC)CC[C@@]4(COC)CN(CC)[C@@H]1[C@@H]2[C@H](OC)[C@H]43. The molecule has 1 spiro atoms. The summed E-state index contributed by atoms with van der Waals surface area (Å²) in [6.45, 7) is 6.69. The van der Waals surface area contributed by atoms with E-state index in [1.54, 1.807) is 52.7 Å². The first-order valence-corrected chi connectivity index (χ1v) is 24.7. The summed E-state index contributed by atoms with van der Waals surface area (Å²) in [7, 11) is 8.61. The number of likely N-dealkylation sites (tertiary alicyclic amines) is 1. The molecule has 7 bridgehead atoms. The lowest BCUT2D eigenvalue weighted by molar-refractivity contribution is -0.287. The Morgan fingerprint density at radius 2 is 1.37 bits per heavy atom. The van der Waals surface area contributed by atoms with Crippen LogP contribution in [0.2, 0.25) is 0 Å². The fourth-order valence-electron chi connectivity index (χ4n) is 15.1. The second-order valence-electron chi connectivity index (χ2n) is 20.2. The molecule has 1 aromatic carbocycles. The molecule has 0 amide bonds. The lowest BCUT2D eigenvalue weighted by Gasteiger charge is -2.69. The molecule has 11 heteroatoms. The van der Waals surface area contributed by atoms with Crippen LogP contribution in [0.5, 0.6) is 5.75 Å². The summed E-state index contributed by atoms with van der Waals surface area (Å²) in [4.78, 5) is 31.4. The molecule has 5 saturated carbocycles. The third-order valence-electron chi connectivity index (χ3n) is 17.3. The van der Waals surface area contributed by atoms with Crippen molar-refractivity contribution >= 4 is 11.9 Å². The number of hydrogen-bond acceptors (Lipinski definition) is 11. The average Bonchev–Trinajstić information content (AvgIpc) is 3.66. The van der Waals surface area contributed by atoms with Gasteiger partial charge in [-0.2, -0.15) is 0 Å². The van der Waals surface area contributed by atoms with E-state index in [1.807, 2.05) is 7.11 Å². The van der Waals surface area contributed by atoms with Gasteiger partial charge in [0.2, 0.25) is 0 Å². The van der Waals surface area contributed by atoms with E-state index in [0.717, 1.165) is 45.2 Å². The van der Waals surface area contributed by atoms with Crippen molar-refractivity contribution in [3.8, 4) is 5.75 Å². The average molecular weight is 868 g/mol. The number of esters is 2. The Kier molecular flexibility index (Phi) is 15.8. The molecule has 5 aliphatic carbocycles. The molecule has 0 aromatic heterocycles. The number of carbonyl (C=O) groups is 2. The highest BCUT2D eigenvalue weighted by atomic mass is 16.6. The number of rotatable bonds is 26. The van der Waals surface area contributed by atoms with Crippen LogP contribution < -0.4 is 4.74 Å². The first-order chi connectivity index (χ1) is 30.1. The molecule has 62 heavy (non-hydrogen) atoms. The molecule has 6 aliphatic rings. The van der Waals surface area contributed by atoms with Crippen molar-refractivity contribution in [3.63, 3.8) is 0 Å². The number of nitrogens with zero attached hydrogens (tertiary/aromatic N) is 1. The molecule has 1 N–H and O–H groups in total. The minimum Gasteiger partial charge on any atom is -0.497 e. The van der Waals surface area contributed by atoms with Crippen molar-refractivity contribution in [2.24, 2.45) is 34.5 Å². The number of benzene rings is 1. The molecule has 350 valence electrons. The van der Waals surface area contributed by atoms with Crippen LogP contribution in [-0.4, -0.2) is 119 Å². The quantitative estimate of drug-likeness (QED) is 0.0710. The molecular weight excluding hydrogens is 787 g/mol. The van der Waals surface area contributed by atoms with Gasteiger partial charge in [0.15, 0.2) is 0 Å². The van der Waals surface area contributed by atoms with E-state index in [2.05, 4.69) is 18.7 Å². The Labute approximate surface area is 372 Å². The highest BCUT2D eigenvalue weighted by Gasteiger charge is 2.90. The predicted octanol–water partition coefficient (Wildman–Crippen LogP) is 8.96. The number of ether oxygens (including phenoxy) is 7. The Morgan fingerprint density at radius 1 is 0.758 bits per heavy atom. The van der Waals surface area contributed by atoms with Gasteiger partial charge in [0.05, 0.1) is 37.6 Å². The first kappa shape index (κ1) is 47.7. The van der Waals surface area contributed by atoms with E-state index in [-0.39, 0.29) is 47.4 Å². The van der Waals surface area contributed by atoms with Gasteiger partial charge in [-0.25, -0.2) is 4.79 Å². The summed E-state index contributed by atoms with van der Waals surface area (Å²) in [5.41, 5.74) is -3.07. The molecule has 1 saturated heterocycles. The molecular formula is C51H81NO10. The van der Waals surface area contributed by atoms with Gasteiger partial charge in [0.25, 0.3) is 0 Å². The van der Waals surface area contributed by atoms with Crippen LogP contribution in [0, 0.1) is 34.5 Å². The minimum atomic E-state index is -1.52. The van der Waals surface area contributed by atoms with Gasteiger partial charge in [-0.3, -0.25) is 9.69 Å². The van der Waals surface area contributed by atoms with Crippen molar-refractivity contribution in [3.05, 3.63) is 29.8 Å². The molecule has 1 aromatic rings. The Bertz CT molecular complexity index is 1630. The fourth-order valence-corrected chi connectivity index (χ4v) is 15.1. The van der Waals surface area contributed by atoms with Crippen molar-refractivity contribution in [1.29, 1.82) is 0 Å². The first-order valence-electron chi connectivity index (χ1n) is 24.7. The zero-order valence-corrected chi connectivity index (χ0v) is 39.3. The van der Waals surface area contributed by atoms with Crippen molar-refractivity contribution in [1.82, 2.24) is 4.90 Å². The van der Waals surface area contributed by atoms with Gasteiger partial charge in [-0.05, 0) is 62.4 Å². The van der Waals surface area contributed by atoms with Crippen LogP contribution in [0.1, 0.15) is 153 Å². The van der Waals surface area contributed by atoms with Gasteiger partial charge in [-0.1, -0.05) is 104 Å². The van der Waals surface area contributed by atoms with Crippen molar-refractivity contribution < 1.29 is 47.9 Å². The summed E-state index contributed by atoms with van der Waals surface area (Å²) in [6, 6.07) is 6.78. The monoisotopic (exact) mass is 868 g/mol. The smallest absolute Gasteiger partial charge is 0.338 e. The number of piperidine rings is 1. The lowest BCUT2D eigenvalue weighted by Crippen LogP contribution is -2.77. The lowest BCUT2D eigenvalue weighted by atomic mass is 9.43. The Morgan fingerprint density at radius 3 is 1.92 bits per heavy atom. The van der Waals surface area contributed by atoms with E-state index in [4.69, 9.17) is 33.2 Å². The third-order valence-corrected chi connectivity index (χ3v) is 17.3. The molecule has 6 fully saturated rings. The number of hydrogen-bond donors (Lipinski definition) is 1. The Balaban J connectivity index is 1.14. The van der Waals surface area contributed by atoms with Crippen LogP contribution >= 0.6 is 0 Å². The third kappa shape index (κ3) is 8.17. The van der Waals surface area contributed by atoms with E-state index in [1.165, 1.54) is 77.0 Å². The Hall–Kier alpha value is -2.28. The number of carbonyl (C=O) groups excluding carboxylic acids is 2. The maximum Gasteiger partial charge on any atom is 0.338 e. The molecule has 13 atom stereocenters. The zero-order valence-electron chi connectivity index (χ0n) is 39.3. The molecule has 0 radical (unpaired) electrons. The second-order valence-corrected chi connectivity index (χ2v) is 20.2. The van der Waals surface area contributed by atoms with Gasteiger partial charge in [-0.15, -0.1) is 0 Å². The molecule has 7 rings (SSSR count). The normalized spacial score (nSPS) is 37.6. The summed E-state index contributed by atoms with van der Waals surface area (Å²) >= 11 is 0. The van der Waals surface area contributed by atoms with E-state index in [9.17, 15) is 14.7 Å². The molecule has 1 unspecified atom stereocenters. The summed E-state index contributed by atoms with van der Waals surface area (Å²) < 4.78 is 45.0.